The van der Waals surface area contributed by atoms with Gasteiger partial charge in [0.2, 0.25) is 5.91 Å². The van der Waals surface area contributed by atoms with E-state index in [-0.39, 0.29) is 23.9 Å². The van der Waals surface area contributed by atoms with Gasteiger partial charge >= 0.3 is 0 Å². The molecule has 0 bridgehead atoms. The van der Waals surface area contributed by atoms with Crippen LogP contribution in [-0.2, 0) is 4.79 Å². The quantitative estimate of drug-likeness (QED) is 0.456. The van der Waals surface area contributed by atoms with Gasteiger partial charge in [0.15, 0.2) is 0 Å². The Morgan fingerprint density at radius 3 is 2.75 bits per heavy atom. The van der Waals surface area contributed by atoms with Crippen molar-refractivity contribution in [3.05, 3.63) is 56.3 Å². The third kappa shape index (κ3) is 4.88. The maximum atomic E-state index is 11.9. The van der Waals surface area contributed by atoms with Crippen LogP contribution in [0.5, 0.6) is 0 Å². The van der Waals surface area contributed by atoms with Gasteiger partial charge in [0.05, 0.1) is 15.5 Å². The number of amides is 2. The Bertz CT molecular complexity index is 744. The molecule has 1 aromatic carbocycles. The second-order valence-corrected chi connectivity index (χ2v) is 6.09. The van der Waals surface area contributed by atoms with Crippen molar-refractivity contribution in [2.24, 2.45) is 0 Å². The summed E-state index contributed by atoms with van der Waals surface area (Å²) < 4.78 is 0. The van der Waals surface area contributed by atoms with Crippen LogP contribution in [0.4, 0.5) is 11.4 Å². The van der Waals surface area contributed by atoms with Crippen LogP contribution in [0.3, 0.4) is 0 Å². The van der Waals surface area contributed by atoms with E-state index in [1.807, 2.05) is 5.38 Å². The van der Waals surface area contributed by atoms with E-state index < -0.39 is 4.92 Å². The number of rotatable bonds is 7. The molecule has 0 saturated heterocycles. The standard InChI is InChI=1S/C16H17N3O4S/c1-11-6-7-12(19(22)23)10-13(11)18-15(20)5-2-8-17-16(21)14-4-3-9-24-14/h3-4,6-7,9-10H,2,5,8H2,1H3,(H,17,21)(H,18,20). The summed E-state index contributed by atoms with van der Waals surface area (Å²) in [5.41, 5.74) is 1.11. The summed E-state index contributed by atoms with van der Waals surface area (Å²) in [6.07, 6.45) is 0.698. The molecule has 0 aliphatic heterocycles. The Morgan fingerprint density at radius 1 is 1.29 bits per heavy atom. The average molecular weight is 347 g/mol. The highest BCUT2D eigenvalue weighted by molar-refractivity contribution is 7.12. The number of carbonyl (C=O) groups is 2. The lowest BCUT2D eigenvalue weighted by Crippen LogP contribution is -2.24. The molecule has 126 valence electrons. The van der Waals surface area contributed by atoms with Crippen LogP contribution in [0.25, 0.3) is 0 Å². The first kappa shape index (κ1) is 17.6. The van der Waals surface area contributed by atoms with Crippen LogP contribution in [0.15, 0.2) is 35.7 Å². The van der Waals surface area contributed by atoms with Crippen molar-refractivity contribution in [2.45, 2.75) is 19.8 Å². The van der Waals surface area contributed by atoms with Crippen LogP contribution in [-0.4, -0.2) is 23.3 Å². The van der Waals surface area contributed by atoms with Crippen LogP contribution in [0.2, 0.25) is 0 Å². The Balaban J connectivity index is 1.78. The summed E-state index contributed by atoms with van der Waals surface area (Å²) in [7, 11) is 0. The van der Waals surface area contributed by atoms with Crippen molar-refractivity contribution in [3.63, 3.8) is 0 Å². The van der Waals surface area contributed by atoms with E-state index in [2.05, 4.69) is 10.6 Å². The fourth-order valence-electron chi connectivity index (χ4n) is 2.02. The minimum atomic E-state index is -0.505. The number of benzene rings is 1. The second-order valence-electron chi connectivity index (χ2n) is 5.14. The number of nitrogens with zero attached hydrogens (tertiary/aromatic N) is 1. The van der Waals surface area contributed by atoms with E-state index >= 15 is 0 Å². The Labute approximate surface area is 142 Å². The van der Waals surface area contributed by atoms with Gasteiger partial charge in [0.25, 0.3) is 11.6 Å². The van der Waals surface area contributed by atoms with Gasteiger partial charge in [0.1, 0.15) is 0 Å². The summed E-state index contributed by atoms with van der Waals surface area (Å²) in [6, 6.07) is 7.86. The number of anilines is 1. The van der Waals surface area contributed by atoms with Gasteiger partial charge in [-0.2, -0.15) is 0 Å². The van der Waals surface area contributed by atoms with Crippen molar-refractivity contribution < 1.29 is 14.5 Å². The minimum Gasteiger partial charge on any atom is -0.351 e. The topological polar surface area (TPSA) is 101 Å². The average Bonchev–Trinajstić information content (AvgIpc) is 3.07. The predicted molar refractivity (Wildman–Crippen MR) is 92.3 cm³/mol. The maximum absolute atomic E-state index is 11.9. The molecule has 0 aliphatic carbocycles. The summed E-state index contributed by atoms with van der Waals surface area (Å²) in [6.45, 7) is 2.15. The van der Waals surface area contributed by atoms with Crippen LogP contribution < -0.4 is 10.6 Å². The number of nitro groups is 1. The molecule has 0 saturated carbocycles. The zero-order valence-corrected chi connectivity index (χ0v) is 13.9. The number of non-ortho nitro benzene ring substituents is 1. The zero-order chi connectivity index (χ0) is 17.5. The molecule has 0 unspecified atom stereocenters. The van der Waals surface area contributed by atoms with Gasteiger partial charge in [-0.25, -0.2) is 0 Å². The fraction of sp³-hybridized carbons (Fsp3) is 0.250. The van der Waals surface area contributed by atoms with E-state index in [1.165, 1.54) is 23.5 Å². The van der Waals surface area contributed by atoms with Crippen LogP contribution >= 0.6 is 11.3 Å². The molecule has 0 aliphatic rings. The lowest BCUT2D eigenvalue weighted by molar-refractivity contribution is -0.384. The van der Waals surface area contributed by atoms with Crippen molar-refractivity contribution in [2.75, 3.05) is 11.9 Å². The highest BCUT2D eigenvalue weighted by Gasteiger charge is 2.11. The maximum Gasteiger partial charge on any atom is 0.271 e. The van der Waals surface area contributed by atoms with Gasteiger partial charge < -0.3 is 10.6 Å². The van der Waals surface area contributed by atoms with E-state index in [9.17, 15) is 19.7 Å². The normalized spacial score (nSPS) is 10.2. The van der Waals surface area contributed by atoms with Gasteiger partial charge in [0, 0.05) is 25.1 Å². The first-order valence-electron chi connectivity index (χ1n) is 7.34. The molecule has 1 aromatic heterocycles. The number of hydrogen-bond acceptors (Lipinski definition) is 5. The molecule has 0 radical (unpaired) electrons. The predicted octanol–water partition coefficient (Wildman–Crippen LogP) is 3.11. The second kappa shape index (κ2) is 8.21. The summed E-state index contributed by atoms with van der Waals surface area (Å²) in [5, 5.41) is 18.0. The highest BCUT2D eigenvalue weighted by atomic mass is 32.1. The molecular weight excluding hydrogens is 330 g/mol. The van der Waals surface area contributed by atoms with E-state index in [4.69, 9.17) is 0 Å². The minimum absolute atomic E-state index is 0.0703. The molecule has 24 heavy (non-hydrogen) atoms. The zero-order valence-electron chi connectivity index (χ0n) is 13.1. The van der Waals surface area contributed by atoms with E-state index in [0.717, 1.165) is 5.56 Å². The molecule has 2 rings (SSSR count). The molecular formula is C16H17N3O4S. The molecule has 0 fully saturated rings. The highest BCUT2D eigenvalue weighted by Crippen LogP contribution is 2.22. The summed E-state index contributed by atoms with van der Waals surface area (Å²) >= 11 is 1.36. The number of aryl methyl sites for hydroxylation is 1. The number of nitro benzene ring substituents is 1. The van der Waals surface area contributed by atoms with Gasteiger partial charge in [-0.15, -0.1) is 11.3 Å². The van der Waals surface area contributed by atoms with Gasteiger partial charge in [-0.05, 0) is 30.4 Å². The van der Waals surface area contributed by atoms with Crippen molar-refractivity contribution in [3.8, 4) is 0 Å². The van der Waals surface area contributed by atoms with Gasteiger partial charge in [-0.1, -0.05) is 12.1 Å². The van der Waals surface area contributed by atoms with Crippen molar-refractivity contribution >= 4 is 34.5 Å². The van der Waals surface area contributed by atoms with E-state index in [1.54, 1.807) is 25.1 Å². The Hall–Kier alpha value is -2.74. The first-order valence-corrected chi connectivity index (χ1v) is 8.22. The van der Waals surface area contributed by atoms with Crippen molar-refractivity contribution in [1.29, 1.82) is 0 Å². The number of nitrogens with one attached hydrogen (secondary N) is 2. The SMILES string of the molecule is Cc1ccc([N+](=O)[O-])cc1NC(=O)CCCNC(=O)c1cccs1. The Kier molecular flexibility index (Phi) is 6.02. The van der Waals surface area contributed by atoms with Crippen LogP contribution in [0.1, 0.15) is 28.1 Å². The molecule has 2 N–H and O–H groups in total. The lowest BCUT2D eigenvalue weighted by atomic mass is 10.1. The monoisotopic (exact) mass is 347 g/mol. The molecule has 2 amide bonds. The molecule has 1 heterocycles. The third-order valence-corrected chi connectivity index (χ3v) is 4.19. The first-order chi connectivity index (χ1) is 11.5. The largest absolute Gasteiger partial charge is 0.351 e. The molecule has 2 aromatic rings. The summed E-state index contributed by atoms with van der Waals surface area (Å²) in [4.78, 5) is 34.6. The smallest absolute Gasteiger partial charge is 0.271 e. The molecule has 7 nitrogen and oxygen atoms in total. The number of thiophene rings is 1. The lowest BCUT2D eigenvalue weighted by Gasteiger charge is -2.08. The molecule has 0 atom stereocenters. The van der Waals surface area contributed by atoms with Crippen molar-refractivity contribution in [1.82, 2.24) is 5.32 Å². The number of carbonyl (C=O) groups excluding carboxylic acids is 2. The summed E-state index contributed by atoms with van der Waals surface area (Å²) in [5.74, 6) is -0.399. The Morgan fingerprint density at radius 2 is 2.08 bits per heavy atom. The van der Waals surface area contributed by atoms with E-state index in [0.29, 0.717) is 23.5 Å². The van der Waals surface area contributed by atoms with Crippen LogP contribution in [0, 0.1) is 17.0 Å². The molecule has 0 spiro atoms. The third-order valence-electron chi connectivity index (χ3n) is 3.32. The fourth-order valence-corrected chi connectivity index (χ4v) is 2.66. The molecule has 8 heteroatoms. The van der Waals surface area contributed by atoms with Gasteiger partial charge in [-0.3, -0.25) is 19.7 Å². The number of hydrogen-bond donors (Lipinski definition) is 2.